The number of carbonyl (C=O) groups excluding carboxylic acids is 2. The van der Waals surface area contributed by atoms with Gasteiger partial charge in [0.05, 0.1) is 13.0 Å². The fourth-order valence-corrected chi connectivity index (χ4v) is 3.87. The molecule has 2 fully saturated rings. The first-order chi connectivity index (χ1) is 13.0. The standard InChI is InChI=1S/C20H26F2N2O3/c1-27-20(26)13-6-10-24(11-7-13)9-3-8-23-19(25)15-12-14(15)18-16(21)4-2-5-17(18)22/h2,4-5,13-15H,3,6-12H2,1H3,(H,23,25)/t14-,15+/m0/s1. The van der Waals surface area contributed by atoms with Crippen LogP contribution in [0.1, 0.15) is 37.2 Å². The number of amides is 1. The molecule has 0 bridgehead atoms. The van der Waals surface area contributed by atoms with E-state index in [1.165, 1.54) is 25.3 Å². The van der Waals surface area contributed by atoms with Crippen LogP contribution in [0.15, 0.2) is 18.2 Å². The lowest BCUT2D eigenvalue weighted by atomic mass is 9.97. The second kappa shape index (κ2) is 8.78. The first-order valence-electron chi connectivity index (χ1n) is 9.53. The smallest absolute Gasteiger partial charge is 0.308 e. The minimum Gasteiger partial charge on any atom is -0.469 e. The van der Waals surface area contributed by atoms with Gasteiger partial charge in [0.2, 0.25) is 5.91 Å². The Hall–Kier alpha value is -2.02. The third-order valence-electron chi connectivity index (χ3n) is 5.57. The van der Waals surface area contributed by atoms with Crippen molar-refractivity contribution in [1.29, 1.82) is 0 Å². The molecule has 7 heteroatoms. The van der Waals surface area contributed by atoms with Gasteiger partial charge in [-0.2, -0.15) is 0 Å². The molecule has 1 saturated carbocycles. The molecule has 1 aromatic rings. The summed E-state index contributed by atoms with van der Waals surface area (Å²) in [5.41, 5.74) is 0.0335. The van der Waals surface area contributed by atoms with Crippen molar-refractivity contribution < 1.29 is 23.1 Å². The van der Waals surface area contributed by atoms with Crippen LogP contribution in [-0.2, 0) is 14.3 Å². The highest BCUT2D eigenvalue weighted by Crippen LogP contribution is 2.49. The Morgan fingerprint density at radius 1 is 1.22 bits per heavy atom. The van der Waals surface area contributed by atoms with Gasteiger partial charge in [0.15, 0.2) is 0 Å². The molecule has 1 aliphatic carbocycles. The summed E-state index contributed by atoms with van der Waals surface area (Å²) in [7, 11) is 1.42. The van der Waals surface area contributed by atoms with E-state index in [0.29, 0.717) is 13.0 Å². The predicted molar refractivity (Wildman–Crippen MR) is 96.0 cm³/mol. The van der Waals surface area contributed by atoms with Crippen LogP contribution in [0, 0.1) is 23.5 Å². The molecule has 5 nitrogen and oxygen atoms in total. The van der Waals surface area contributed by atoms with E-state index in [1.807, 2.05) is 0 Å². The number of benzene rings is 1. The third kappa shape index (κ3) is 4.83. The second-order valence-corrected chi connectivity index (χ2v) is 7.37. The summed E-state index contributed by atoms with van der Waals surface area (Å²) >= 11 is 0. The summed E-state index contributed by atoms with van der Waals surface area (Å²) in [6.07, 6.45) is 2.90. The monoisotopic (exact) mass is 380 g/mol. The van der Waals surface area contributed by atoms with E-state index >= 15 is 0 Å². The van der Waals surface area contributed by atoms with Crippen molar-refractivity contribution >= 4 is 11.9 Å². The van der Waals surface area contributed by atoms with Gasteiger partial charge in [0.25, 0.3) is 0 Å². The number of carbonyl (C=O) groups is 2. The average molecular weight is 380 g/mol. The van der Waals surface area contributed by atoms with Gasteiger partial charge in [-0.1, -0.05) is 6.07 Å². The number of halogens is 2. The molecule has 1 N–H and O–H groups in total. The molecule has 27 heavy (non-hydrogen) atoms. The molecular weight excluding hydrogens is 354 g/mol. The predicted octanol–water partition coefficient (Wildman–Crippen LogP) is 2.46. The van der Waals surface area contributed by atoms with Gasteiger partial charge in [-0.25, -0.2) is 8.78 Å². The summed E-state index contributed by atoms with van der Waals surface area (Å²) in [4.78, 5) is 26.0. The Kier molecular flexibility index (Phi) is 6.42. The van der Waals surface area contributed by atoms with Crippen molar-refractivity contribution in [2.45, 2.75) is 31.6 Å². The van der Waals surface area contributed by atoms with E-state index in [-0.39, 0.29) is 35.2 Å². The Morgan fingerprint density at radius 3 is 2.52 bits per heavy atom. The fraction of sp³-hybridized carbons (Fsp3) is 0.600. The van der Waals surface area contributed by atoms with Crippen LogP contribution in [0.2, 0.25) is 0 Å². The number of nitrogens with zero attached hydrogens (tertiary/aromatic N) is 1. The molecule has 1 saturated heterocycles. The van der Waals surface area contributed by atoms with Crippen LogP contribution in [0.3, 0.4) is 0 Å². The Bertz CT molecular complexity index is 670. The number of ether oxygens (including phenoxy) is 1. The van der Waals surface area contributed by atoms with Crippen molar-refractivity contribution in [3.8, 4) is 0 Å². The van der Waals surface area contributed by atoms with Gasteiger partial charge in [-0.05, 0) is 57.5 Å². The Morgan fingerprint density at radius 2 is 1.89 bits per heavy atom. The quantitative estimate of drug-likeness (QED) is 0.583. The number of piperidine rings is 1. The largest absolute Gasteiger partial charge is 0.469 e. The van der Waals surface area contributed by atoms with Gasteiger partial charge >= 0.3 is 5.97 Å². The highest BCUT2D eigenvalue weighted by Gasteiger charge is 2.46. The molecule has 3 rings (SSSR count). The maximum absolute atomic E-state index is 13.8. The number of methoxy groups -OCH3 is 1. The molecule has 0 aromatic heterocycles. The average Bonchev–Trinajstić information content (AvgIpc) is 3.45. The zero-order valence-corrected chi connectivity index (χ0v) is 15.5. The number of rotatable bonds is 7. The van der Waals surface area contributed by atoms with E-state index < -0.39 is 11.6 Å². The summed E-state index contributed by atoms with van der Waals surface area (Å²) in [6, 6.07) is 3.80. The number of hydrogen-bond acceptors (Lipinski definition) is 4. The van der Waals surface area contributed by atoms with Crippen LogP contribution in [-0.4, -0.2) is 50.1 Å². The second-order valence-electron chi connectivity index (χ2n) is 7.37. The Balaban J connectivity index is 1.34. The van der Waals surface area contributed by atoms with Crippen molar-refractivity contribution in [1.82, 2.24) is 10.2 Å². The topological polar surface area (TPSA) is 58.6 Å². The maximum atomic E-state index is 13.8. The summed E-state index contributed by atoms with van der Waals surface area (Å²) in [5.74, 6) is -2.12. The minimum atomic E-state index is -0.578. The van der Waals surface area contributed by atoms with Gasteiger partial charge < -0.3 is 15.0 Å². The lowest BCUT2D eigenvalue weighted by molar-refractivity contribution is -0.147. The number of esters is 1. The molecule has 0 unspecified atom stereocenters. The summed E-state index contributed by atoms with van der Waals surface area (Å²) in [6.45, 7) is 3.10. The lowest BCUT2D eigenvalue weighted by Crippen LogP contribution is -2.38. The van der Waals surface area contributed by atoms with Crippen LogP contribution in [0.25, 0.3) is 0 Å². The third-order valence-corrected chi connectivity index (χ3v) is 5.57. The first-order valence-corrected chi connectivity index (χ1v) is 9.53. The van der Waals surface area contributed by atoms with Gasteiger partial charge in [-0.15, -0.1) is 0 Å². The number of hydrogen-bond donors (Lipinski definition) is 1. The van der Waals surface area contributed by atoms with Crippen LogP contribution >= 0.6 is 0 Å². The fourth-order valence-electron chi connectivity index (χ4n) is 3.87. The van der Waals surface area contributed by atoms with Crippen molar-refractivity contribution in [2.75, 3.05) is 33.3 Å². The van der Waals surface area contributed by atoms with E-state index in [4.69, 9.17) is 4.74 Å². The van der Waals surface area contributed by atoms with Gasteiger partial charge in [-0.3, -0.25) is 9.59 Å². The van der Waals surface area contributed by atoms with Crippen LogP contribution < -0.4 is 5.32 Å². The van der Waals surface area contributed by atoms with E-state index in [1.54, 1.807) is 0 Å². The summed E-state index contributed by atoms with van der Waals surface area (Å²) in [5, 5.41) is 2.87. The molecule has 148 valence electrons. The first kappa shape index (κ1) is 19.7. The van der Waals surface area contributed by atoms with E-state index in [0.717, 1.165) is 38.9 Å². The molecule has 2 aliphatic rings. The van der Waals surface area contributed by atoms with Gasteiger partial charge in [0.1, 0.15) is 11.6 Å². The zero-order chi connectivity index (χ0) is 19.4. The number of nitrogens with one attached hydrogen (secondary N) is 1. The van der Waals surface area contributed by atoms with E-state index in [9.17, 15) is 18.4 Å². The van der Waals surface area contributed by atoms with Crippen molar-refractivity contribution in [3.63, 3.8) is 0 Å². The Labute approximate surface area is 158 Å². The van der Waals surface area contributed by atoms with E-state index in [2.05, 4.69) is 10.2 Å². The lowest BCUT2D eigenvalue weighted by Gasteiger charge is -2.30. The molecule has 1 aromatic carbocycles. The number of likely N-dealkylation sites (tertiary alicyclic amines) is 1. The summed E-state index contributed by atoms with van der Waals surface area (Å²) < 4.78 is 32.4. The highest BCUT2D eigenvalue weighted by molar-refractivity contribution is 5.82. The molecular formula is C20H26F2N2O3. The molecule has 2 atom stereocenters. The SMILES string of the molecule is COC(=O)C1CCN(CCCNC(=O)[C@@H]2C[C@@H]2c2c(F)cccc2F)CC1. The molecule has 1 heterocycles. The zero-order valence-electron chi connectivity index (χ0n) is 15.5. The minimum absolute atomic E-state index is 0.00321. The van der Waals surface area contributed by atoms with Crippen LogP contribution in [0.4, 0.5) is 8.78 Å². The van der Waals surface area contributed by atoms with Crippen LogP contribution in [0.5, 0.6) is 0 Å². The highest BCUT2D eigenvalue weighted by atomic mass is 19.1. The maximum Gasteiger partial charge on any atom is 0.308 e. The molecule has 0 spiro atoms. The van der Waals surface area contributed by atoms with Gasteiger partial charge in [0, 0.05) is 23.9 Å². The molecule has 1 amide bonds. The van der Waals surface area contributed by atoms with Crippen molar-refractivity contribution in [2.24, 2.45) is 11.8 Å². The molecule has 0 radical (unpaired) electrons. The van der Waals surface area contributed by atoms with Crippen molar-refractivity contribution in [3.05, 3.63) is 35.4 Å². The normalized spacial score (nSPS) is 23.1. The molecule has 1 aliphatic heterocycles.